The molecule has 100 valence electrons. The minimum Gasteiger partial charge on any atom is -0.223 e. The molecule has 0 fully saturated rings. The molecule has 0 aliphatic heterocycles. The van der Waals surface area contributed by atoms with Crippen LogP contribution >= 0.6 is 0 Å². The van der Waals surface area contributed by atoms with Gasteiger partial charge in [0.25, 0.3) is 0 Å². The van der Waals surface area contributed by atoms with E-state index in [0.717, 1.165) is 17.6 Å². The summed E-state index contributed by atoms with van der Waals surface area (Å²) >= 11 is 0. The lowest BCUT2D eigenvalue weighted by Gasteiger charge is -2.14. The van der Waals surface area contributed by atoms with E-state index >= 15 is 0 Å². The highest BCUT2D eigenvalue weighted by Gasteiger charge is 2.24. The van der Waals surface area contributed by atoms with Gasteiger partial charge in [-0.25, -0.2) is 8.42 Å². The standard InChI is InChI=1S/C15H22O2S/c1-5-6-15(11-12(2)3)18(16,17)14-9-7-13(4)8-10-14/h7-11,15H,5-6H2,1-4H3/t15-/m1/s1. The highest BCUT2D eigenvalue weighted by Crippen LogP contribution is 2.22. The van der Waals surface area contributed by atoms with Gasteiger partial charge < -0.3 is 0 Å². The molecule has 0 saturated carbocycles. The molecule has 0 amide bonds. The van der Waals surface area contributed by atoms with Gasteiger partial charge in [-0.3, -0.25) is 0 Å². The van der Waals surface area contributed by atoms with Crippen molar-refractivity contribution in [2.24, 2.45) is 0 Å². The van der Waals surface area contributed by atoms with Crippen molar-refractivity contribution in [1.29, 1.82) is 0 Å². The summed E-state index contributed by atoms with van der Waals surface area (Å²) in [6.07, 6.45) is 3.39. The molecule has 0 radical (unpaired) electrons. The second kappa shape index (κ2) is 6.19. The molecule has 1 aromatic carbocycles. The molecule has 0 aliphatic rings. The molecular formula is C15H22O2S. The maximum absolute atomic E-state index is 12.5. The van der Waals surface area contributed by atoms with Gasteiger partial charge in [-0.05, 0) is 39.3 Å². The molecule has 18 heavy (non-hydrogen) atoms. The van der Waals surface area contributed by atoms with E-state index < -0.39 is 15.1 Å². The molecule has 1 rings (SSSR count). The van der Waals surface area contributed by atoms with Crippen LogP contribution in [0.15, 0.2) is 40.8 Å². The van der Waals surface area contributed by atoms with Crippen LogP contribution in [-0.4, -0.2) is 13.7 Å². The Labute approximate surface area is 111 Å². The molecule has 0 aliphatic carbocycles. The van der Waals surface area contributed by atoms with E-state index in [1.807, 2.05) is 45.9 Å². The lowest BCUT2D eigenvalue weighted by molar-refractivity contribution is 0.582. The number of sulfone groups is 1. The van der Waals surface area contributed by atoms with Crippen molar-refractivity contribution in [3.8, 4) is 0 Å². The summed E-state index contributed by atoms with van der Waals surface area (Å²) < 4.78 is 25.0. The molecule has 1 aromatic rings. The molecule has 2 nitrogen and oxygen atoms in total. The zero-order chi connectivity index (χ0) is 13.8. The summed E-state index contributed by atoms with van der Waals surface area (Å²) in [5.74, 6) is 0. The van der Waals surface area contributed by atoms with E-state index in [1.165, 1.54) is 0 Å². The Hall–Kier alpha value is -1.09. The van der Waals surface area contributed by atoms with Crippen molar-refractivity contribution in [3.05, 3.63) is 41.5 Å². The van der Waals surface area contributed by atoms with Crippen LogP contribution in [0.1, 0.15) is 39.2 Å². The largest absolute Gasteiger partial charge is 0.223 e. The Bertz CT molecular complexity index is 506. The third-order valence-electron chi connectivity index (χ3n) is 2.84. The van der Waals surface area contributed by atoms with Crippen molar-refractivity contribution in [3.63, 3.8) is 0 Å². The maximum Gasteiger partial charge on any atom is 0.184 e. The Morgan fingerprint density at radius 3 is 2.22 bits per heavy atom. The molecule has 1 atom stereocenters. The van der Waals surface area contributed by atoms with Gasteiger partial charge in [0, 0.05) is 0 Å². The van der Waals surface area contributed by atoms with Crippen molar-refractivity contribution in [2.45, 2.75) is 50.7 Å². The lowest BCUT2D eigenvalue weighted by atomic mass is 10.2. The minimum atomic E-state index is -3.25. The first kappa shape index (κ1) is 15.0. The second-order valence-electron chi connectivity index (χ2n) is 4.93. The number of hydrogen-bond acceptors (Lipinski definition) is 2. The maximum atomic E-state index is 12.5. The van der Waals surface area contributed by atoms with Gasteiger partial charge in [-0.2, -0.15) is 0 Å². The van der Waals surface area contributed by atoms with Gasteiger partial charge in [0.1, 0.15) is 0 Å². The number of aryl methyl sites for hydroxylation is 1. The van der Waals surface area contributed by atoms with Gasteiger partial charge >= 0.3 is 0 Å². The van der Waals surface area contributed by atoms with Crippen molar-refractivity contribution in [1.82, 2.24) is 0 Å². The molecule has 0 heterocycles. The first-order chi connectivity index (χ1) is 8.37. The Morgan fingerprint density at radius 2 is 1.78 bits per heavy atom. The Kier molecular flexibility index (Phi) is 5.15. The van der Waals surface area contributed by atoms with Crippen molar-refractivity contribution >= 4 is 9.84 Å². The van der Waals surface area contributed by atoms with Crippen LogP contribution in [0.3, 0.4) is 0 Å². The van der Waals surface area contributed by atoms with Gasteiger partial charge in [0.05, 0.1) is 10.1 Å². The highest BCUT2D eigenvalue weighted by atomic mass is 32.2. The number of allylic oxidation sites excluding steroid dienone is 1. The quantitative estimate of drug-likeness (QED) is 0.757. The van der Waals surface area contributed by atoms with Crippen LogP contribution < -0.4 is 0 Å². The zero-order valence-corrected chi connectivity index (χ0v) is 12.4. The summed E-state index contributed by atoms with van der Waals surface area (Å²) in [5.41, 5.74) is 2.12. The zero-order valence-electron chi connectivity index (χ0n) is 11.6. The molecule has 0 saturated heterocycles. The van der Waals surface area contributed by atoms with Gasteiger partial charge in [0.2, 0.25) is 0 Å². The molecule has 0 N–H and O–H groups in total. The number of rotatable bonds is 5. The first-order valence-corrected chi connectivity index (χ1v) is 7.88. The third-order valence-corrected chi connectivity index (χ3v) is 4.94. The Balaban J connectivity index is 3.16. The van der Waals surface area contributed by atoms with Crippen molar-refractivity contribution < 1.29 is 8.42 Å². The van der Waals surface area contributed by atoms with E-state index in [2.05, 4.69) is 0 Å². The van der Waals surface area contributed by atoms with E-state index in [1.54, 1.807) is 12.1 Å². The average Bonchev–Trinajstić information content (AvgIpc) is 2.28. The SMILES string of the molecule is CCC[C@H](C=C(C)C)S(=O)(=O)c1ccc(C)cc1. The van der Waals surface area contributed by atoms with Crippen LogP contribution in [0.4, 0.5) is 0 Å². The first-order valence-electron chi connectivity index (χ1n) is 6.33. The molecule has 0 aromatic heterocycles. The van der Waals surface area contributed by atoms with Crippen LogP contribution in [0.5, 0.6) is 0 Å². The van der Waals surface area contributed by atoms with Crippen LogP contribution in [-0.2, 0) is 9.84 Å². The normalized spacial score (nSPS) is 13.1. The molecular weight excluding hydrogens is 244 g/mol. The molecule has 0 bridgehead atoms. The summed E-state index contributed by atoms with van der Waals surface area (Å²) in [7, 11) is -3.25. The van der Waals surface area contributed by atoms with Gasteiger partial charge in [-0.15, -0.1) is 0 Å². The van der Waals surface area contributed by atoms with E-state index in [0.29, 0.717) is 11.3 Å². The summed E-state index contributed by atoms with van der Waals surface area (Å²) in [5, 5.41) is -0.407. The van der Waals surface area contributed by atoms with E-state index in [-0.39, 0.29) is 0 Å². The third kappa shape index (κ3) is 3.70. The smallest absolute Gasteiger partial charge is 0.184 e. The molecule has 0 unspecified atom stereocenters. The van der Waals surface area contributed by atoms with Crippen LogP contribution in [0.25, 0.3) is 0 Å². The predicted octanol–water partition coefficient (Wildman–Crippen LogP) is 3.90. The van der Waals surface area contributed by atoms with Gasteiger partial charge in [0.15, 0.2) is 9.84 Å². The lowest BCUT2D eigenvalue weighted by Crippen LogP contribution is -2.19. The van der Waals surface area contributed by atoms with Gasteiger partial charge in [-0.1, -0.05) is 42.7 Å². The van der Waals surface area contributed by atoms with Crippen LogP contribution in [0, 0.1) is 6.92 Å². The Morgan fingerprint density at radius 1 is 1.22 bits per heavy atom. The molecule has 3 heteroatoms. The minimum absolute atomic E-state index is 0.407. The highest BCUT2D eigenvalue weighted by molar-refractivity contribution is 7.92. The summed E-state index contributed by atoms with van der Waals surface area (Å²) in [4.78, 5) is 0.420. The fraction of sp³-hybridized carbons (Fsp3) is 0.467. The van der Waals surface area contributed by atoms with E-state index in [9.17, 15) is 8.42 Å². The number of benzene rings is 1. The van der Waals surface area contributed by atoms with Crippen molar-refractivity contribution in [2.75, 3.05) is 0 Å². The monoisotopic (exact) mass is 266 g/mol. The fourth-order valence-electron chi connectivity index (χ4n) is 1.89. The summed E-state index contributed by atoms with van der Waals surface area (Å²) in [6.45, 7) is 7.84. The predicted molar refractivity (Wildman–Crippen MR) is 76.5 cm³/mol. The number of hydrogen-bond donors (Lipinski definition) is 0. The second-order valence-corrected chi connectivity index (χ2v) is 7.10. The average molecular weight is 266 g/mol. The van der Waals surface area contributed by atoms with E-state index in [4.69, 9.17) is 0 Å². The topological polar surface area (TPSA) is 34.1 Å². The molecule has 0 spiro atoms. The van der Waals surface area contributed by atoms with Crippen LogP contribution in [0.2, 0.25) is 0 Å². The fourth-order valence-corrected chi connectivity index (χ4v) is 3.75. The summed E-state index contributed by atoms with van der Waals surface area (Å²) in [6, 6.07) is 7.09.